The van der Waals surface area contributed by atoms with E-state index in [0.29, 0.717) is 31.1 Å². The highest BCUT2D eigenvalue weighted by Gasteiger charge is 2.14. The van der Waals surface area contributed by atoms with Gasteiger partial charge in [0.25, 0.3) is 5.56 Å². The average Bonchev–Trinajstić information content (AvgIpc) is 2.74. The minimum Gasteiger partial charge on any atom is -0.487 e. The van der Waals surface area contributed by atoms with Gasteiger partial charge in [-0.2, -0.15) is 0 Å². The fourth-order valence-electron chi connectivity index (χ4n) is 3.14. The lowest BCUT2D eigenvalue weighted by molar-refractivity contribution is 0.292. The molecule has 8 heteroatoms. The first-order valence-corrected chi connectivity index (χ1v) is 10.5. The van der Waals surface area contributed by atoms with E-state index in [1.54, 1.807) is 17.6 Å². The van der Waals surface area contributed by atoms with Crippen LogP contribution in [0, 0.1) is 18.6 Å². The number of rotatable bonds is 9. The molecule has 0 saturated carbocycles. The van der Waals surface area contributed by atoms with Gasteiger partial charge in [-0.3, -0.25) is 4.79 Å². The molecule has 3 aromatic rings. The number of nitrogens with zero attached hydrogens (tertiary/aromatic N) is 1. The van der Waals surface area contributed by atoms with Crippen LogP contribution in [0.25, 0.3) is 0 Å². The van der Waals surface area contributed by atoms with E-state index in [-0.39, 0.29) is 28.8 Å². The monoisotopic (exact) mass is 492 g/mol. The zero-order chi connectivity index (χ0) is 22.4. The standard InChI is InChI=1S/C23H23BrF2N2O3/c1-15-9-21(31-14-18-5-6-19(25)11-20(18)26)22(24)23(30)28(15)13-17-4-2-3-16(10-17)12-27-7-8-29/h2-6,9-11,27,29H,7-8,12-14H2,1H3. The van der Waals surface area contributed by atoms with Crippen LogP contribution in [0.3, 0.4) is 0 Å². The normalized spacial score (nSPS) is 11.0. The maximum absolute atomic E-state index is 13.8. The van der Waals surface area contributed by atoms with Crippen LogP contribution in [-0.2, 0) is 19.7 Å². The molecular weight excluding hydrogens is 470 g/mol. The third-order valence-corrected chi connectivity index (χ3v) is 5.49. The first kappa shape index (κ1) is 23.1. The zero-order valence-corrected chi connectivity index (χ0v) is 18.6. The minimum atomic E-state index is -0.699. The molecule has 0 saturated heterocycles. The maximum atomic E-state index is 13.8. The topological polar surface area (TPSA) is 63.5 Å². The average molecular weight is 493 g/mol. The summed E-state index contributed by atoms with van der Waals surface area (Å²) in [6.45, 7) is 3.26. The first-order chi connectivity index (χ1) is 14.9. The van der Waals surface area contributed by atoms with Crippen molar-refractivity contribution in [2.24, 2.45) is 0 Å². The van der Waals surface area contributed by atoms with Crippen molar-refractivity contribution < 1.29 is 18.6 Å². The minimum absolute atomic E-state index is 0.0739. The molecule has 5 nitrogen and oxygen atoms in total. The van der Waals surface area contributed by atoms with Gasteiger partial charge >= 0.3 is 0 Å². The molecule has 0 aliphatic heterocycles. The highest BCUT2D eigenvalue weighted by Crippen LogP contribution is 2.24. The van der Waals surface area contributed by atoms with Crippen LogP contribution in [-0.4, -0.2) is 22.8 Å². The van der Waals surface area contributed by atoms with Gasteiger partial charge in [-0.15, -0.1) is 0 Å². The third-order valence-electron chi connectivity index (χ3n) is 4.76. The number of pyridine rings is 1. The molecule has 3 rings (SSSR count). The van der Waals surface area contributed by atoms with Crippen molar-refractivity contribution in [3.63, 3.8) is 0 Å². The van der Waals surface area contributed by atoms with Crippen molar-refractivity contribution >= 4 is 15.9 Å². The molecule has 0 amide bonds. The summed E-state index contributed by atoms with van der Waals surface area (Å²) >= 11 is 3.29. The summed E-state index contributed by atoms with van der Waals surface area (Å²) in [6, 6.07) is 12.8. The molecule has 0 unspecified atom stereocenters. The maximum Gasteiger partial charge on any atom is 0.269 e. The van der Waals surface area contributed by atoms with Crippen molar-refractivity contribution in [1.29, 1.82) is 0 Å². The van der Waals surface area contributed by atoms with Gasteiger partial charge < -0.3 is 19.7 Å². The van der Waals surface area contributed by atoms with Gasteiger partial charge in [-0.1, -0.05) is 24.3 Å². The summed E-state index contributed by atoms with van der Waals surface area (Å²) in [5.74, 6) is -1.06. The van der Waals surface area contributed by atoms with E-state index in [4.69, 9.17) is 9.84 Å². The van der Waals surface area contributed by atoms with Crippen LogP contribution in [0.5, 0.6) is 5.75 Å². The van der Waals surface area contributed by atoms with Gasteiger partial charge in [0.1, 0.15) is 28.5 Å². The molecule has 0 aliphatic rings. The lowest BCUT2D eigenvalue weighted by Gasteiger charge is -2.15. The van der Waals surface area contributed by atoms with Gasteiger partial charge in [0.2, 0.25) is 0 Å². The van der Waals surface area contributed by atoms with Gasteiger partial charge in [0, 0.05) is 36.5 Å². The Labute approximate surface area is 187 Å². The predicted octanol–water partition coefficient (Wildman–Crippen LogP) is 3.91. The molecule has 0 atom stereocenters. The van der Waals surface area contributed by atoms with E-state index in [2.05, 4.69) is 21.2 Å². The van der Waals surface area contributed by atoms with Crippen molar-refractivity contribution in [3.05, 3.63) is 97.4 Å². The molecule has 0 aliphatic carbocycles. The molecule has 31 heavy (non-hydrogen) atoms. The fraction of sp³-hybridized carbons (Fsp3) is 0.261. The smallest absolute Gasteiger partial charge is 0.269 e. The van der Waals surface area contributed by atoms with Crippen LogP contribution in [0.1, 0.15) is 22.4 Å². The number of aliphatic hydroxyl groups is 1. The fourth-order valence-corrected chi connectivity index (χ4v) is 3.59. The number of aliphatic hydroxyl groups excluding tert-OH is 1. The summed E-state index contributed by atoms with van der Waals surface area (Å²) in [6.07, 6.45) is 0. The lowest BCUT2D eigenvalue weighted by atomic mass is 10.1. The Morgan fingerprint density at radius 3 is 2.65 bits per heavy atom. The predicted molar refractivity (Wildman–Crippen MR) is 118 cm³/mol. The van der Waals surface area contributed by atoms with Crippen molar-refractivity contribution in [2.45, 2.75) is 26.6 Å². The number of halogens is 3. The quantitative estimate of drug-likeness (QED) is 0.444. The molecule has 2 aromatic carbocycles. The highest BCUT2D eigenvalue weighted by molar-refractivity contribution is 9.10. The van der Waals surface area contributed by atoms with Crippen molar-refractivity contribution in [3.8, 4) is 5.75 Å². The van der Waals surface area contributed by atoms with Crippen LogP contribution < -0.4 is 15.6 Å². The highest BCUT2D eigenvalue weighted by atomic mass is 79.9. The van der Waals surface area contributed by atoms with Crippen LogP contribution in [0.2, 0.25) is 0 Å². The van der Waals surface area contributed by atoms with Gasteiger partial charge in [0.15, 0.2) is 0 Å². The number of aryl methyl sites for hydroxylation is 1. The van der Waals surface area contributed by atoms with Crippen LogP contribution in [0.4, 0.5) is 8.78 Å². The Morgan fingerprint density at radius 1 is 1.13 bits per heavy atom. The summed E-state index contributed by atoms with van der Waals surface area (Å²) in [4.78, 5) is 12.9. The number of nitrogens with one attached hydrogen (secondary N) is 1. The Kier molecular flexibility index (Phi) is 7.95. The Bertz CT molecular complexity index is 1120. The summed E-state index contributed by atoms with van der Waals surface area (Å²) in [5.41, 5.74) is 2.63. The Balaban J connectivity index is 1.77. The van der Waals surface area contributed by atoms with E-state index >= 15 is 0 Å². The van der Waals surface area contributed by atoms with E-state index in [1.165, 1.54) is 6.07 Å². The molecule has 1 heterocycles. The summed E-state index contributed by atoms with van der Waals surface area (Å²) < 4.78 is 34.4. The van der Waals surface area contributed by atoms with Gasteiger partial charge in [-0.05, 0) is 46.1 Å². The number of benzene rings is 2. The molecule has 1 aromatic heterocycles. The molecule has 164 valence electrons. The molecular formula is C23H23BrF2N2O3. The molecule has 0 fully saturated rings. The summed E-state index contributed by atoms with van der Waals surface area (Å²) in [5, 5.41) is 12.0. The second-order valence-electron chi connectivity index (χ2n) is 7.10. The van der Waals surface area contributed by atoms with E-state index in [9.17, 15) is 13.6 Å². The molecule has 0 radical (unpaired) electrons. The molecule has 0 spiro atoms. The van der Waals surface area contributed by atoms with Crippen LogP contribution >= 0.6 is 15.9 Å². The second kappa shape index (κ2) is 10.7. The van der Waals surface area contributed by atoms with Gasteiger partial charge in [-0.25, -0.2) is 8.78 Å². The van der Waals surface area contributed by atoms with E-state index < -0.39 is 11.6 Å². The van der Waals surface area contributed by atoms with Crippen molar-refractivity contribution in [2.75, 3.05) is 13.2 Å². The SMILES string of the molecule is Cc1cc(OCc2ccc(F)cc2F)c(Br)c(=O)n1Cc1cccc(CNCCO)c1. The Hall–Kier alpha value is -2.55. The van der Waals surface area contributed by atoms with E-state index in [0.717, 1.165) is 23.3 Å². The van der Waals surface area contributed by atoms with Crippen LogP contribution in [0.15, 0.2) is 57.8 Å². The van der Waals surface area contributed by atoms with Gasteiger partial charge in [0.05, 0.1) is 13.2 Å². The number of hydrogen-bond acceptors (Lipinski definition) is 4. The number of ether oxygens (including phenoxy) is 1. The Morgan fingerprint density at radius 2 is 1.90 bits per heavy atom. The largest absolute Gasteiger partial charge is 0.487 e. The van der Waals surface area contributed by atoms with E-state index in [1.807, 2.05) is 24.3 Å². The number of hydrogen-bond donors (Lipinski definition) is 2. The summed E-state index contributed by atoms with van der Waals surface area (Å²) in [7, 11) is 0. The number of aromatic nitrogens is 1. The third kappa shape index (κ3) is 6.00. The lowest BCUT2D eigenvalue weighted by Crippen LogP contribution is -2.24. The zero-order valence-electron chi connectivity index (χ0n) is 17.0. The first-order valence-electron chi connectivity index (χ1n) is 9.75. The molecule has 0 bridgehead atoms. The second-order valence-corrected chi connectivity index (χ2v) is 7.89. The van der Waals surface area contributed by atoms with Crippen molar-refractivity contribution in [1.82, 2.24) is 9.88 Å². The molecule has 2 N–H and O–H groups in total.